The van der Waals surface area contributed by atoms with E-state index in [1.54, 1.807) is 0 Å². The second-order valence-corrected chi connectivity index (χ2v) is 10.5. The van der Waals surface area contributed by atoms with Gasteiger partial charge in [0.15, 0.2) is 0 Å². The molecule has 0 aliphatic rings. The van der Waals surface area contributed by atoms with Gasteiger partial charge in [-0.3, -0.25) is 0 Å². The average molecular weight is 580 g/mol. The first-order valence-corrected chi connectivity index (χ1v) is 14.1. The smallest absolute Gasteiger partial charge is 0.748 e. The van der Waals surface area contributed by atoms with Crippen molar-refractivity contribution in [1.82, 2.24) is 0 Å². The minimum atomic E-state index is -3.98. The number of hydrogen-bond donors (Lipinski definition) is 0. The normalized spacial score (nSPS) is 11.4. The van der Waals surface area contributed by atoms with Gasteiger partial charge in [-0.1, -0.05) is 104 Å². The molecule has 0 aliphatic heterocycles. The van der Waals surface area contributed by atoms with Crippen molar-refractivity contribution in [3.05, 3.63) is 0 Å². The Hall–Kier alpha value is 1.39. The van der Waals surface area contributed by atoms with Crippen LogP contribution in [0.4, 0.5) is 0 Å². The zero-order valence-corrected chi connectivity index (χ0v) is 24.8. The Labute approximate surface area is 221 Å². The first-order chi connectivity index (χ1) is 13.1. The molecule has 0 N–H and O–H groups in total. The second-order valence-electron chi connectivity index (χ2n) is 7.47. The molecule has 0 fully saturated rings. The monoisotopic (exact) mass is 580 g/mol. The number of hydrogen-bond acceptors (Lipinski definition) is 6. The summed E-state index contributed by atoms with van der Waals surface area (Å²) in [6.45, 7) is 4.36. The molecule has 29 heavy (non-hydrogen) atoms. The van der Waals surface area contributed by atoms with Crippen LogP contribution in [0.5, 0.6) is 0 Å². The van der Waals surface area contributed by atoms with Crippen LogP contribution in [0.15, 0.2) is 0 Å². The van der Waals surface area contributed by atoms with Crippen LogP contribution in [0.3, 0.4) is 0 Å². The summed E-state index contributed by atoms with van der Waals surface area (Å²) in [5.74, 6) is -0.385. The van der Waals surface area contributed by atoms with Crippen molar-refractivity contribution in [2.75, 3.05) is 11.5 Å². The molecule has 0 saturated carbocycles. The summed E-state index contributed by atoms with van der Waals surface area (Å²) in [7, 11) is -7.95. The Morgan fingerprint density at radius 2 is 0.655 bits per heavy atom. The molecule has 0 heterocycles. The molecule has 0 bridgehead atoms. The molecule has 0 aromatic carbocycles. The second kappa shape index (κ2) is 24.0. The summed E-state index contributed by atoms with van der Waals surface area (Å²) in [5, 5.41) is 0. The third kappa shape index (κ3) is 40.3. The van der Waals surface area contributed by atoms with Crippen LogP contribution in [0.2, 0.25) is 0 Å². The number of unbranched alkanes of at least 4 members (excludes halogenated alkanes) is 14. The zero-order chi connectivity index (χ0) is 21.7. The van der Waals surface area contributed by atoms with Crippen molar-refractivity contribution in [2.45, 2.75) is 117 Å². The van der Waals surface area contributed by atoms with Crippen LogP contribution in [0.1, 0.15) is 117 Å². The predicted octanol–water partition coefficient (Wildman–Crippen LogP) is 4.96. The van der Waals surface area contributed by atoms with Gasteiger partial charge in [0.25, 0.3) is 0 Å². The van der Waals surface area contributed by atoms with Gasteiger partial charge in [-0.2, -0.15) is 0 Å². The van der Waals surface area contributed by atoms with E-state index in [0.29, 0.717) is 12.8 Å². The van der Waals surface area contributed by atoms with E-state index >= 15 is 0 Å². The standard InChI is InChI=1S/2C10H22O3S.Ba/c2*1-2-3-4-5-6-7-8-9-10-14(11,12)13;/h2*2-10H2,1H3,(H,11,12,13);/q;;+2/p-2. The summed E-state index contributed by atoms with van der Waals surface area (Å²) < 4.78 is 61.5. The van der Waals surface area contributed by atoms with Gasteiger partial charge in [-0.05, 0) is 12.8 Å². The number of rotatable bonds is 18. The molecule has 0 aromatic rings. The molecule has 172 valence electrons. The molecule has 0 atom stereocenters. The van der Waals surface area contributed by atoms with E-state index < -0.39 is 20.2 Å². The first-order valence-electron chi connectivity index (χ1n) is 11.0. The Morgan fingerprint density at radius 3 is 0.862 bits per heavy atom. The summed E-state index contributed by atoms with van der Waals surface area (Å²) in [6, 6.07) is 0. The first kappa shape index (κ1) is 35.0. The fourth-order valence-corrected chi connectivity index (χ4v) is 3.94. The van der Waals surface area contributed by atoms with Gasteiger partial charge < -0.3 is 9.11 Å². The van der Waals surface area contributed by atoms with E-state index in [4.69, 9.17) is 0 Å². The van der Waals surface area contributed by atoms with Crippen LogP contribution in [0, 0.1) is 0 Å². The van der Waals surface area contributed by atoms with E-state index in [1.165, 1.54) is 64.2 Å². The van der Waals surface area contributed by atoms with Crippen molar-refractivity contribution < 1.29 is 25.9 Å². The van der Waals surface area contributed by atoms with Crippen LogP contribution in [-0.4, -0.2) is 86.3 Å². The third-order valence-corrected chi connectivity index (χ3v) is 6.07. The topological polar surface area (TPSA) is 114 Å². The van der Waals surface area contributed by atoms with Crippen LogP contribution < -0.4 is 0 Å². The van der Waals surface area contributed by atoms with Crippen LogP contribution in [-0.2, 0) is 20.2 Å². The van der Waals surface area contributed by atoms with Gasteiger partial charge in [0.05, 0.1) is 20.2 Å². The van der Waals surface area contributed by atoms with E-state index in [1.807, 2.05) is 0 Å². The minimum absolute atomic E-state index is 0. The van der Waals surface area contributed by atoms with Crippen molar-refractivity contribution in [3.63, 3.8) is 0 Å². The van der Waals surface area contributed by atoms with Gasteiger partial charge in [0.2, 0.25) is 0 Å². The molecule has 0 aliphatic carbocycles. The van der Waals surface area contributed by atoms with Crippen molar-refractivity contribution >= 4 is 69.1 Å². The van der Waals surface area contributed by atoms with Crippen LogP contribution >= 0.6 is 0 Å². The fraction of sp³-hybridized carbons (Fsp3) is 1.00. The molecule has 0 rings (SSSR count). The van der Waals surface area contributed by atoms with E-state index in [9.17, 15) is 25.9 Å². The summed E-state index contributed by atoms with van der Waals surface area (Å²) in [6.07, 6.45) is 17.3. The van der Waals surface area contributed by atoms with Crippen molar-refractivity contribution in [3.8, 4) is 0 Å². The van der Waals surface area contributed by atoms with E-state index in [-0.39, 0.29) is 60.4 Å². The van der Waals surface area contributed by atoms with Crippen molar-refractivity contribution in [1.29, 1.82) is 0 Å². The summed E-state index contributed by atoms with van der Waals surface area (Å²) >= 11 is 0. The molecule has 0 unspecified atom stereocenters. The van der Waals surface area contributed by atoms with Gasteiger partial charge in [-0.15, -0.1) is 0 Å². The Kier molecular flexibility index (Phi) is 29.0. The van der Waals surface area contributed by atoms with Gasteiger partial charge >= 0.3 is 48.9 Å². The molecule has 0 amide bonds. The minimum Gasteiger partial charge on any atom is -0.748 e. The molecule has 0 radical (unpaired) electrons. The molecule has 9 heteroatoms. The SMILES string of the molecule is CCCCCCCCCCS(=O)(=O)[O-].CCCCCCCCCCS(=O)(=O)[O-].[Ba+2]. The molecule has 0 aromatic heterocycles. The van der Waals surface area contributed by atoms with Gasteiger partial charge in [0.1, 0.15) is 0 Å². The Morgan fingerprint density at radius 1 is 0.448 bits per heavy atom. The molecular weight excluding hydrogens is 538 g/mol. The zero-order valence-electron chi connectivity index (χ0n) is 18.7. The maximum atomic E-state index is 10.2. The molecule has 0 saturated heterocycles. The fourth-order valence-electron chi connectivity index (χ4n) is 2.83. The van der Waals surface area contributed by atoms with Gasteiger partial charge in [0, 0.05) is 11.5 Å². The van der Waals surface area contributed by atoms with E-state index in [2.05, 4.69) is 13.8 Å². The molecule has 0 spiro atoms. The quantitative estimate of drug-likeness (QED) is 0.129. The van der Waals surface area contributed by atoms with Crippen molar-refractivity contribution in [2.24, 2.45) is 0 Å². The predicted molar refractivity (Wildman–Crippen MR) is 120 cm³/mol. The van der Waals surface area contributed by atoms with E-state index in [0.717, 1.165) is 25.7 Å². The average Bonchev–Trinajstić information content (AvgIpc) is 2.58. The third-order valence-electron chi connectivity index (χ3n) is 4.50. The summed E-state index contributed by atoms with van der Waals surface area (Å²) in [5.41, 5.74) is 0. The largest absolute Gasteiger partial charge is 2.00 e. The maximum Gasteiger partial charge on any atom is 2.00 e. The molecular formula is C20H42BaO6S2. The van der Waals surface area contributed by atoms with Crippen LogP contribution in [0.25, 0.3) is 0 Å². The molecule has 6 nitrogen and oxygen atoms in total. The Balaban J connectivity index is -0.000000451. The Bertz CT molecular complexity index is 473. The maximum absolute atomic E-state index is 10.2. The summed E-state index contributed by atoms with van der Waals surface area (Å²) in [4.78, 5) is 0. The van der Waals surface area contributed by atoms with Gasteiger partial charge in [-0.25, -0.2) is 16.8 Å².